The maximum atomic E-state index is 12.9. The van der Waals surface area contributed by atoms with Crippen molar-refractivity contribution < 1.29 is 9.59 Å². The van der Waals surface area contributed by atoms with Crippen LogP contribution < -0.4 is 20.9 Å². The number of hydrogen-bond acceptors (Lipinski definition) is 3. The summed E-state index contributed by atoms with van der Waals surface area (Å²) in [6.45, 7) is 2.51. The lowest BCUT2D eigenvalue weighted by Gasteiger charge is -2.19. The van der Waals surface area contributed by atoms with E-state index in [0.29, 0.717) is 23.5 Å². The van der Waals surface area contributed by atoms with Crippen LogP contribution in [0.1, 0.15) is 28.4 Å². The summed E-state index contributed by atoms with van der Waals surface area (Å²) in [4.78, 5) is 27.2. The number of amides is 3. The molecule has 3 rings (SSSR count). The molecule has 31 heavy (non-hydrogen) atoms. The van der Waals surface area contributed by atoms with Crippen molar-refractivity contribution in [3.8, 4) is 0 Å². The summed E-state index contributed by atoms with van der Waals surface area (Å²) in [7, 11) is 3.76. The first-order valence-electron chi connectivity index (χ1n) is 10.3. The Labute approximate surface area is 183 Å². The summed E-state index contributed by atoms with van der Waals surface area (Å²) >= 11 is 0. The maximum absolute atomic E-state index is 12.9. The Kier molecular flexibility index (Phi) is 7.27. The van der Waals surface area contributed by atoms with Crippen molar-refractivity contribution in [3.63, 3.8) is 0 Å². The predicted molar refractivity (Wildman–Crippen MR) is 127 cm³/mol. The normalized spacial score (nSPS) is 10.3. The van der Waals surface area contributed by atoms with Crippen LogP contribution in [0.4, 0.5) is 21.9 Å². The molecular formula is C25H28N4O2. The molecule has 0 unspecified atom stereocenters. The van der Waals surface area contributed by atoms with Crippen molar-refractivity contribution in [3.05, 3.63) is 89.5 Å². The van der Waals surface area contributed by atoms with E-state index in [9.17, 15) is 9.59 Å². The van der Waals surface area contributed by atoms with E-state index in [1.54, 1.807) is 12.1 Å². The smallest absolute Gasteiger partial charge is 0.323 e. The van der Waals surface area contributed by atoms with E-state index in [0.717, 1.165) is 17.7 Å². The van der Waals surface area contributed by atoms with Crippen molar-refractivity contribution in [2.45, 2.75) is 19.9 Å². The number of benzene rings is 3. The predicted octanol–water partition coefficient (Wildman–Crippen LogP) is 4.89. The number of nitrogens with zero attached hydrogens (tertiary/aromatic N) is 1. The molecule has 3 amide bonds. The summed E-state index contributed by atoms with van der Waals surface area (Å²) in [6, 6.07) is 22.4. The summed E-state index contributed by atoms with van der Waals surface area (Å²) in [5, 5.41) is 8.57. The fraction of sp³-hybridized carbons (Fsp3) is 0.200. The molecule has 0 aliphatic carbocycles. The second kappa shape index (κ2) is 10.3. The molecule has 0 aliphatic rings. The van der Waals surface area contributed by atoms with Gasteiger partial charge in [-0.1, -0.05) is 49.4 Å². The molecule has 3 aromatic carbocycles. The van der Waals surface area contributed by atoms with Crippen LogP contribution >= 0.6 is 0 Å². The van der Waals surface area contributed by atoms with Crippen LogP contribution in [-0.4, -0.2) is 26.0 Å². The number of anilines is 3. The van der Waals surface area contributed by atoms with Gasteiger partial charge in [-0.2, -0.15) is 0 Å². The van der Waals surface area contributed by atoms with Crippen LogP contribution in [0.2, 0.25) is 0 Å². The molecule has 6 heteroatoms. The largest absolute Gasteiger partial charge is 0.377 e. The van der Waals surface area contributed by atoms with E-state index in [2.05, 4.69) is 22.9 Å². The van der Waals surface area contributed by atoms with Gasteiger partial charge in [0, 0.05) is 37.7 Å². The molecular weight excluding hydrogens is 388 g/mol. The monoisotopic (exact) mass is 416 g/mol. The zero-order valence-corrected chi connectivity index (χ0v) is 18.1. The molecule has 3 N–H and O–H groups in total. The molecule has 0 atom stereocenters. The summed E-state index contributed by atoms with van der Waals surface area (Å²) in [5.74, 6) is -0.202. The maximum Gasteiger partial charge on any atom is 0.323 e. The lowest BCUT2D eigenvalue weighted by Crippen LogP contribution is -2.26. The highest BCUT2D eigenvalue weighted by molar-refractivity contribution is 6.03. The number of urea groups is 1. The quantitative estimate of drug-likeness (QED) is 0.513. The van der Waals surface area contributed by atoms with Crippen molar-refractivity contribution in [1.29, 1.82) is 0 Å². The summed E-state index contributed by atoms with van der Waals surface area (Å²) in [6.07, 6.45) is 0.944. The Morgan fingerprint density at radius 2 is 1.45 bits per heavy atom. The van der Waals surface area contributed by atoms with Crippen molar-refractivity contribution in [2.24, 2.45) is 0 Å². The molecule has 0 saturated carbocycles. The van der Waals surface area contributed by atoms with Gasteiger partial charge in [-0.05, 0) is 47.9 Å². The standard InChI is InChI=1S/C25H28N4O2/c1-4-18-10-12-20(13-11-18)27-25(31)28-21-14-15-23(29(2)3)22(16-21)24(30)26-17-19-8-6-5-7-9-19/h5-16H,4,17H2,1-3H3,(H,26,30)(H2,27,28,31). The molecule has 6 nitrogen and oxygen atoms in total. The average molecular weight is 417 g/mol. The zero-order valence-electron chi connectivity index (χ0n) is 18.1. The fourth-order valence-corrected chi connectivity index (χ4v) is 3.18. The first-order chi connectivity index (χ1) is 15.0. The van der Waals surface area contributed by atoms with Gasteiger partial charge in [0.05, 0.1) is 5.56 Å². The fourth-order valence-electron chi connectivity index (χ4n) is 3.18. The zero-order chi connectivity index (χ0) is 22.2. The van der Waals surface area contributed by atoms with Crippen LogP contribution in [0.5, 0.6) is 0 Å². The highest BCUT2D eigenvalue weighted by atomic mass is 16.2. The van der Waals surface area contributed by atoms with E-state index in [1.807, 2.05) is 79.7 Å². The minimum absolute atomic E-state index is 0.202. The number of nitrogens with one attached hydrogen (secondary N) is 3. The second-order valence-electron chi connectivity index (χ2n) is 7.42. The minimum atomic E-state index is -0.363. The van der Waals surface area contributed by atoms with Crippen LogP contribution in [0, 0.1) is 0 Å². The van der Waals surface area contributed by atoms with Gasteiger partial charge in [0.25, 0.3) is 5.91 Å². The topological polar surface area (TPSA) is 73.5 Å². The molecule has 0 radical (unpaired) electrons. The van der Waals surface area contributed by atoms with Crippen molar-refractivity contribution in [1.82, 2.24) is 5.32 Å². The molecule has 0 heterocycles. The Hall–Kier alpha value is -3.80. The third-order valence-electron chi connectivity index (χ3n) is 4.90. The highest BCUT2D eigenvalue weighted by Crippen LogP contribution is 2.23. The third kappa shape index (κ3) is 6.09. The first kappa shape index (κ1) is 21.9. The number of hydrogen-bond donors (Lipinski definition) is 3. The molecule has 160 valence electrons. The third-order valence-corrected chi connectivity index (χ3v) is 4.90. The molecule has 0 aromatic heterocycles. The lowest BCUT2D eigenvalue weighted by atomic mass is 10.1. The van der Waals surface area contributed by atoms with Crippen molar-refractivity contribution in [2.75, 3.05) is 29.6 Å². The second-order valence-corrected chi connectivity index (χ2v) is 7.42. The Morgan fingerprint density at radius 3 is 2.10 bits per heavy atom. The van der Waals surface area contributed by atoms with Crippen LogP contribution in [-0.2, 0) is 13.0 Å². The van der Waals surface area contributed by atoms with Gasteiger partial charge in [-0.15, -0.1) is 0 Å². The Balaban J connectivity index is 1.70. The lowest BCUT2D eigenvalue weighted by molar-refractivity contribution is 0.0951. The van der Waals surface area contributed by atoms with Crippen LogP contribution in [0.25, 0.3) is 0 Å². The average Bonchev–Trinajstić information content (AvgIpc) is 2.78. The Bertz CT molecular complexity index is 1030. The SMILES string of the molecule is CCc1ccc(NC(=O)Nc2ccc(N(C)C)c(C(=O)NCc3ccccc3)c2)cc1. The Morgan fingerprint density at radius 1 is 0.806 bits per heavy atom. The van der Waals surface area contributed by atoms with Gasteiger partial charge in [0.2, 0.25) is 0 Å². The molecule has 0 bridgehead atoms. The van der Waals surface area contributed by atoms with Gasteiger partial charge >= 0.3 is 6.03 Å². The molecule has 0 spiro atoms. The van der Waals surface area contributed by atoms with Crippen molar-refractivity contribution >= 4 is 29.0 Å². The highest BCUT2D eigenvalue weighted by Gasteiger charge is 2.15. The van der Waals surface area contributed by atoms with E-state index < -0.39 is 0 Å². The van der Waals surface area contributed by atoms with Crippen LogP contribution in [0.15, 0.2) is 72.8 Å². The van der Waals surface area contributed by atoms with Gasteiger partial charge in [0.1, 0.15) is 0 Å². The van der Waals surface area contributed by atoms with Crippen LogP contribution in [0.3, 0.4) is 0 Å². The molecule has 0 fully saturated rings. The van der Waals surface area contributed by atoms with Gasteiger partial charge < -0.3 is 20.9 Å². The summed E-state index contributed by atoms with van der Waals surface area (Å²) < 4.78 is 0. The summed E-state index contributed by atoms with van der Waals surface area (Å²) in [5.41, 5.74) is 4.73. The number of carbonyl (C=O) groups excluding carboxylic acids is 2. The van der Waals surface area contributed by atoms with Gasteiger partial charge in [0.15, 0.2) is 0 Å². The molecule has 0 aliphatic heterocycles. The number of rotatable bonds is 7. The van der Waals surface area contributed by atoms with E-state index >= 15 is 0 Å². The molecule has 3 aromatic rings. The van der Waals surface area contributed by atoms with E-state index in [4.69, 9.17) is 0 Å². The van der Waals surface area contributed by atoms with Gasteiger partial charge in [-0.25, -0.2) is 4.79 Å². The number of carbonyl (C=O) groups is 2. The number of aryl methyl sites for hydroxylation is 1. The molecule has 0 saturated heterocycles. The van der Waals surface area contributed by atoms with E-state index in [-0.39, 0.29) is 11.9 Å². The van der Waals surface area contributed by atoms with E-state index in [1.165, 1.54) is 5.56 Å². The minimum Gasteiger partial charge on any atom is -0.377 e. The first-order valence-corrected chi connectivity index (χ1v) is 10.3. The van der Waals surface area contributed by atoms with Gasteiger partial charge in [-0.3, -0.25) is 4.79 Å².